The lowest BCUT2D eigenvalue weighted by Crippen LogP contribution is -2.46. The summed E-state index contributed by atoms with van der Waals surface area (Å²) in [5.74, 6) is 0.316. The van der Waals surface area contributed by atoms with Crippen molar-refractivity contribution in [2.24, 2.45) is 0 Å². The number of nitrogens with one attached hydrogen (secondary N) is 1. The van der Waals surface area contributed by atoms with E-state index >= 15 is 0 Å². The highest BCUT2D eigenvalue weighted by Gasteiger charge is 2.26. The molecule has 0 aromatic heterocycles. The molecule has 8 heteroatoms. The molecule has 2 aromatic carbocycles. The Morgan fingerprint density at radius 2 is 1.89 bits per heavy atom. The maximum absolute atomic E-state index is 12.5. The van der Waals surface area contributed by atoms with Crippen LogP contribution in [0.1, 0.15) is 18.6 Å². The molecule has 1 amide bonds. The van der Waals surface area contributed by atoms with Crippen LogP contribution < -0.4 is 9.46 Å². The monoisotopic (exact) mass is 404 g/mol. The maximum Gasteiger partial charge on any atom is 0.241 e. The van der Waals surface area contributed by atoms with Crippen LogP contribution in [0.5, 0.6) is 5.75 Å². The summed E-state index contributed by atoms with van der Waals surface area (Å²) in [6.45, 7) is 3.31. The van der Waals surface area contributed by atoms with Crippen LogP contribution in [0.3, 0.4) is 0 Å². The summed E-state index contributed by atoms with van der Waals surface area (Å²) < 4.78 is 38.3. The topological polar surface area (TPSA) is 84.9 Å². The standard InChI is InChI=1S/C20H24N2O5S/c1-2-26-17-8-10-18(11-9-17)28(24,25)21-14-20(23)22-12-13-27-19(15-22)16-6-4-3-5-7-16/h3-11,19,21H,2,12-15H2,1H3. The molecule has 2 aromatic rings. The molecule has 1 aliphatic heterocycles. The molecule has 0 radical (unpaired) electrons. The first kappa shape index (κ1) is 20.3. The second kappa shape index (κ2) is 9.18. The molecule has 150 valence electrons. The van der Waals surface area contributed by atoms with E-state index < -0.39 is 10.0 Å². The largest absolute Gasteiger partial charge is 0.494 e. The Labute approximate surface area is 165 Å². The normalized spacial score (nSPS) is 17.3. The van der Waals surface area contributed by atoms with Crippen molar-refractivity contribution in [2.45, 2.75) is 17.9 Å². The maximum atomic E-state index is 12.5. The second-order valence-corrected chi connectivity index (χ2v) is 8.11. The number of sulfonamides is 1. The fraction of sp³-hybridized carbons (Fsp3) is 0.350. The van der Waals surface area contributed by atoms with Gasteiger partial charge in [-0.25, -0.2) is 13.1 Å². The van der Waals surface area contributed by atoms with Crippen LogP contribution in [0.2, 0.25) is 0 Å². The predicted molar refractivity (Wildman–Crippen MR) is 105 cm³/mol. The van der Waals surface area contributed by atoms with E-state index in [2.05, 4.69) is 4.72 Å². The number of hydrogen-bond donors (Lipinski definition) is 1. The lowest BCUT2D eigenvalue weighted by atomic mass is 10.1. The minimum Gasteiger partial charge on any atom is -0.494 e. The number of rotatable bonds is 7. The van der Waals surface area contributed by atoms with E-state index in [-0.39, 0.29) is 23.5 Å². The molecule has 3 rings (SSSR count). The highest BCUT2D eigenvalue weighted by atomic mass is 32.2. The van der Waals surface area contributed by atoms with Crippen molar-refractivity contribution in [3.05, 3.63) is 60.2 Å². The van der Waals surface area contributed by atoms with Gasteiger partial charge in [-0.05, 0) is 36.8 Å². The average molecular weight is 404 g/mol. The molecule has 1 aliphatic rings. The van der Waals surface area contributed by atoms with Crippen molar-refractivity contribution in [1.82, 2.24) is 9.62 Å². The number of carbonyl (C=O) groups is 1. The molecule has 0 bridgehead atoms. The predicted octanol–water partition coefficient (Wildman–Crippen LogP) is 1.96. The van der Waals surface area contributed by atoms with Gasteiger partial charge in [0.1, 0.15) is 11.9 Å². The Balaban J connectivity index is 1.58. The number of morpholine rings is 1. The molecule has 1 saturated heterocycles. The van der Waals surface area contributed by atoms with Gasteiger partial charge in [0, 0.05) is 6.54 Å². The molecular formula is C20H24N2O5S. The molecule has 1 N–H and O–H groups in total. The molecule has 1 fully saturated rings. The summed E-state index contributed by atoms with van der Waals surface area (Å²) in [5, 5.41) is 0. The van der Waals surface area contributed by atoms with E-state index in [4.69, 9.17) is 9.47 Å². The van der Waals surface area contributed by atoms with E-state index in [0.29, 0.717) is 32.1 Å². The minimum atomic E-state index is -3.78. The van der Waals surface area contributed by atoms with Gasteiger partial charge in [0.05, 0.1) is 31.2 Å². The third kappa shape index (κ3) is 5.09. The Morgan fingerprint density at radius 1 is 1.18 bits per heavy atom. The summed E-state index contributed by atoms with van der Waals surface area (Å²) in [6, 6.07) is 15.8. The van der Waals surface area contributed by atoms with Crippen LogP contribution in [-0.2, 0) is 19.6 Å². The molecular weight excluding hydrogens is 380 g/mol. The van der Waals surface area contributed by atoms with E-state index in [1.54, 1.807) is 17.0 Å². The van der Waals surface area contributed by atoms with Gasteiger partial charge in [0.15, 0.2) is 0 Å². The fourth-order valence-corrected chi connectivity index (χ4v) is 3.95. The van der Waals surface area contributed by atoms with Crippen molar-refractivity contribution in [3.63, 3.8) is 0 Å². The Hall–Kier alpha value is -2.42. The van der Waals surface area contributed by atoms with Gasteiger partial charge in [-0.3, -0.25) is 4.79 Å². The van der Waals surface area contributed by atoms with Gasteiger partial charge in [-0.15, -0.1) is 0 Å². The first-order valence-corrected chi connectivity index (χ1v) is 10.6. The van der Waals surface area contributed by atoms with Gasteiger partial charge in [-0.1, -0.05) is 30.3 Å². The SMILES string of the molecule is CCOc1ccc(S(=O)(=O)NCC(=O)N2CCOC(c3ccccc3)C2)cc1. The lowest BCUT2D eigenvalue weighted by Gasteiger charge is -2.33. The number of benzene rings is 2. The van der Waals surface area contributed by atoms with E-state index in [0.717, 1.165) is 5.56 Å². The van der Waals surface area contributed by atoms with Crippen molar-refractivity contribution in [2.75, 3.05) is 32.8 Å². The van der Waals surface area contributed by atoms with Crippen LogP contribution >= 0.6 is 0 Å². The highest BCUT2D eigenvalue weighted by molar-refractivity contribution is 7.89. The van der Waals surface area contributed by atoms with Gasteiger partial charge in [-0.2, -0.15) is 0 Å². The van der Waals surface area contributed by atoms with Crippen LogP contribution in [0.15, 0.2) is 59.5 Å². The zero-order valence-electron chi connectivity index (χ0n) is 15.7. The highest BCUT2D eigenvalue weighted by Crippen LogP contribution is 2.22. The summed E-state index contributed by atoms with van der Waals surface area (Å²) in [6.07, 6.45) is -0.207. The molecule has 28 heavy (non-hydrogen) atoms. The van der Waals surface area contributed by atoms with Crippen molar-refractivity contribution in [3.8, 4) is 5.75 Å². The van der Waals surface area contributed by atoms with Gasteiger partial charge in [0.25, 0.3) is 0 Å². The van der Waals surface area contributed by atoms with Crippen LogP contribution in [-0.4, -0.2) is 52.1 Å². The van der Waals surface area contributed by atoms with Crippen LogP contribution in [0.4, 0.5) is 0 Å². The van der Waals surface area contributed by atoms with E-state index in [9.17, 15) is 13.2 Å². The average Bonchev–Trinajstić information content (AvgIpc) is 2.73. The molecule has 0 saturated carbocycles. The van der Waals surface area contributed by atoms with Crippen LogP contribution in [0.25, 0.3) is 0 Å². The zero-order chi connectivity index (χ0) is 20.0. The molecule has 0 spiro atoms. The van der Waals surface area contributed by atoms with Gasteiger partial charge >= 0.3 is 0 Å². The Kier molecular flexibility index (Phi) is 6.66. The quantitative estimate of drug-likeness (QED) is 0.763. The number of nitrogens with zero attached hydrogens (tertiary/aromatic N) is 1. The van der Waals surface area contributed by atoms with E-state index in [1.165, 1.54) is 12.1 Å². The summed E-state index contributed by atoms with van der Waals surface area (Å²) >= 11 is 0. The third-order valence-corrected chi connectivity index (χ3v) is 5.87. The molecule has 1 unspecified atom stereocenters. The lowest BCUT2D eigenvalue weighted by molar-refractivity contribution is -0.137. The number of carbonyl (C=O) groups excluding carboxylic acids is 1. The number of hydrogen-bond acceptors (Lipinski definition) is 5. The van der Waals surface area contributed by atoms with Crippen LogP contribution in [0, 0.1) is 0 Å². The van der Waals surface area contributed by atoms with Gasteiger partial charge < -0.3 is 14.4 Å². The molecule has 1 heterocycles. The zero-order valence-corrected chi connectivity index (χ0v) is 16.5. The third-order valence-electron chi connectivity index (χ3n) is 4.45. The molecule has 7 nitrogen and oxygen atoms in total. The smallest absolute Gasteiger partial charge is 0.241 e. The van der Waals surface area contributed by atoms with Crippen molar-refractivity contribution in [1.29, 1.82) is 0 Å². The second-order valence-electron chi connectivity index (χ2n) is 6.34. The molecule has 1 atom stereocenters. The first-order valence-electron chi connectivity index (χ1n) is 9.16. The summed E-state index contributed by atoms with van der Waals surface area (Å²) in [5.41, 5.74) is 0.995. The Bertz CT molecular complexity index is 885. The van der Waals surface area contributed by atoms with Gasteiger partial charge in [0.2, 0.25) is 15.9 Å². The Morgan fingerprint density at radius 3 is 2.57 bits per heavy atom. The minimum absolute atomic E-state index is 0.0906. The molecule has 0 aliphatic carbocycles. The van der Waals surface area contributed by atoms with Crippen molar-refractivity contribution >= 4 is 15.9 Å². The number of ether oxygens (including phenoxy) is 2. The first-order chi connectivity index (χ1) is 13.5. The number of amides is 1. The van der Waals surface area contributed by atoms with Crippen molar-refractivity contribution < 1.29 is 22.7 Å². The summed E-state index contributed by atoms with van der Waals surface area (Å²) in [4.78, 5) is 14.2. The fourth-order valence-electron chi connectivity index (χ4n) is 2.98. The van der Waals surface area contributed by atoms with E-state index in [1.807, 2.05) is 37.3 Å². The summed E-state index contributed by atoms with van der Waals surface area (Å²) in [7, 11) is -3.78.